The van der Waals surface area contributed by atoms with Crippen LogP contribution in [0.15, 0.2) is 15.9 Å². The van der Waals surface area contributed by atoms with Gasteiger partial charge in [0.2, 0.25) is 5.91 Å². The third-order valence-corrected chi connectivity index (χ3v) is 4.79. The number of nitrogens with one attached hydrogen (secondary N) is 1. The molecule has 0 aromatic carbocycles. The van der Waals surface area contributed by atoms with Gasteiger partial charge in [0, 0.05) is 46.8 Å². The molecule has 2 rings (SSSR count). The summed E-state index contributed by atoms with van der Waals surface area (Å²) in [5.74, 6) is 0.281. The molecule has 1 aliphatic rings. The summed E-state index contributed by atoms with van der Waals surface area (Å²) in [6.07, 6.45) is 1.48. The predicted octanol–water partition coefficient (Wildman–Crippen LogP) is 2.69. The van der Waals surface area contributed by atoms with Gasteiger partial charge in [-0.25, -0.2) is 0 Å². The van der Waals surface area contributed by atoms with Gasteiger partial charge in [-0.15, -0.1) is 23.7 Å². The van der Waals surface area contributed by atoms with Gasteiger partial charge in [0.25, 0.3) is 0 Å². The van der Waals surface area contributed by atoms with Crippen LogP contribution in [-0.4, -0.2) is 36.5 Å². The van der Waals surface area contributed by atoms with Crippen LogP contribution in [-0.2, 0) is 11.2 Å². The van der Waals surface area contributed by atoms with Crippen LogP contribution in [0, 0.1) is 0 Å². The highest BCUT2D eigenvalue weighted by Crippen LogP contribution is 2.21. The summed E-state index contributed by atoms with van der Waals surface area (Å²) in [6.45, 7) is 4.77. The van der Waals surface area contributed by atoms with E-state index >= 15 is 0 Å². The second-order valence-electron chi connectivity index (χ2n) is 4.37. The number of amides is 1. The highest BCUT2D eigenvalue weighted by Gasteiger charge is 2.22. The summed E-state index contributed by atoms with van der Waals surface area (Å²) in [5.41, 5.74) is 0. The number of nitrogens with zero attached hydrogens (tertiary/aromatic N) is 1. The Morgan fingerprint density at radius 3 is 3.06 bits per heavy atom. The lowest BCUT2D eigenvalue weighted by molar-refractivity contribution is -0.133. The van der Waals surface area contributed by atoms with E-state index in [1.54, 1.807) is 11.3 Å². The van der Waals surface area contributed by atoms with E-state index in [1.807, 2.05) is 4.90 Å². The lowest BCUT2D eigenvalue weighted by atomic mass is 10.1. The van der Waals surface area contributed by atoms with Crippen molar-refractivity contribution in [1.82, 2.24) is 10.2 Å². The smallest absolute Gasteiger partial charge is 0.223 e. The SMILES string of the molecule is C[C@H]1CNCCN1C(=O)CCc1cc(Br)cs1.Cl. The zero-order valence-electron chi connectivity index (χ0n) is 10.3. The zero-order valence-corrected chi connectivity index (χ0v) is 13.5. The van der Waals surface area contributed by atoms with Gasteiger partial charge in [0.05, 0.1) is 0 Å². The van der Waals surface area contributed by atoms with Crippen LogP contribution in [0.2, 0.25) is 0 Å². The molecule has 0 bridgehead atoms. The molecule has 1 fully saturated rings. The molecule has 0 spiro atoms. The van der Waals surface area contributed by atoms with E-state index in [2.05, 4.69) is 39.6 Å². The average molecular weight is 354 g/mol. The number of rotatable bonds is 3. The van der Waals surface area contributed by atoms with Crippen LogP contribution >= 0.6 is 39.7 Å². The third-order valence-electron chi connectivity index (χ3n) is 3.03. The van der Waals surface area contributed by atoms with Gasteiger partial charge in [0.15, 0.2) is 0 Å². The van der Waals surface area contributed by atoms with Crippen LogP contribution in [0.4, 0.5) is 0 Å². The fraction of sp³-hybridized carbons (Fsp3) is 0.583. The van der Waals surface area contributed by atoms with Gasteiger partial charge in [-0.3, -0.25) is 4.79 Å². The fourth-order valence-corrected chi connectivity index (χ4v) is 3.53. The summed E-state index contributed by atoms with van der Waals surface area (Å²) in [7, 11) is 0. The minimum atomic E-state index is 0. The van der Waals surface area contributed by atoms with Gasteiger partial charge in [-0.1, -0.05) is 0 Å². The second kappa shape index (κ2) is 7.48. The van der Waals surface area contributed by atoms with Crippen molar-refractivity contribution >= 4 is 45.6 Å². The molecule has 1 saturated heterocycles. The Morgan fingerprint density at radius 2 is 2.44 bits per heavy atom. The van der Waals surface area contributed by atoms with Crippen molar-refractivity contribution in [3.63, 3.8) is 0 Å². The molecular weight excluding hydrogens is 336 g/mol. The van der Waals surface area contributed by atoms with E-state index in [0.717, 1.165) is 30.5 Å². The van der Waals surface area contributed by atoms with E-state index in [9.17, 15) is 4.79 Å². The van der Waals surface area contributed by atoms with Gasteiger partial charge < -0.3 is 10.2 Å². The molecule has 1 amide bonds. The molecule has 1 aromatic heterocycles. The van der Waals surface area contributed by atoms with E-state index in [-0.39, 0.29) is 18.3 Å². The molecule has 1 atom stereocenters. The molecule has 0 radical (unpaired) electrons. The van der Waals surface area contributed by atoms with Crippen molar-refractivity contribution in [2.24, 2.45) is 0 Å². The van der Waals surface area contributed by atoms with Crippen LogP contribution in [0.25, 0.3) is 0 Å². The van der Waals surface area contributed by atoms with Crippen LogP contribution in [0.1, 0.15) is 18.2 Å². The van der Waals surface area contributed by atoms with Gasteiger partial charge >= 0.3 is 0 Å². The maximum Gasteiger partial charge on any atom is 0.223 e. The minimum Gasteiger partial charge on any atom is -0.337 e. The van der Waals surface area contributed by atoms with E-state index in [1.165, 1.54) is 4.88 Å². The number of hydrogen-bond donors (Lipinski definition) is 1. The van der Waals surface area contributed by atoms with Gasteiger partial charge in [-0.05, 0) is 35.3 Å². The summed E-state index contributed by atoms with van der Waals surface area (Å²) < 4.78 is 1.11. The molecule has 102 valence electrons. The monoisotopic (exact) mass is 352 g/mol. The van der Waals surface area contributed by atoms with Crippen molar-refractivity contribution in [2.75, 3.05) is 19.6 Å². The normalized spacial score (nSPS) is 19.4. The molecule has 1 aliphatic heterocycles. The number of carbonyl (C=O) groups is 1. The highest BCUT2D eigenvalue weighted by atomic mass is 79.9. The Labute approximate surface area is 126 Å². The Morgan fingerprint density at radius 1 is 1.67 bits per heavy atom. The molecule has 0 aliphatic carbocycles. The topological polar surface area (TPSA) is 32.3 Å². The second-order valence-corrected chi connectivity index (χ2v) is 6.28. The summed E-state index contributed by atoms with van der Waals surface area (Å²) in [4.78, 5) is 15.4. The highest BCUT2D eigenvalue weighted by molar-refractivity contribution is 9.10. The summed E-state index contributed by atoms with van der Waals surface area (Å²) in [5, 5.41) is 5.36. The molecular formula is C12H18BrClN2OS. The minimum absolute atomic E-state index is 0. The first-order valence-corrected chi connectivity index (χ1v) is 7.57. The number of carbonyl (C=O) groups excluding carboxylic acids is 1. The molecule has 0 saturated carbocycles. The quantitative estimate of drug-likeness (QED) is 0.906. The van der Waals surface area contributed by atoms with E-state index < -0.39 is 0 Å². The third kappa shape index (κ3) is 4.23. The van der Waals surface area contributed by atoms with Crippen molar-refractivity contribution in [3.05, 3.63) is 20.8 Å². The molecule has 0 unspecified atom stereocenters. The largest absolute Gasteiger partial charge is 0.337 e. The zero-order chi connectivity index (χ0) is 12.3. The van der Waals surface area contributed by atoms with Crippen molar-refractivity contribution in [3.8, 4) is 0 Å². The Kier molecular flexibility index (Phi) is 6.63. The molecule has 1 N–H and O–H groups in total. The standard InChI is InChI=1S/C12H17BrN2OS.ClH/c1-9-7-14-4-5-15(9)12(16)3-2-11-6-10(13)8-17-11;/h6,8-9,14H,2-5,7H2,1H3;1H/t9-;/m0./s1. The summed E-state index contributed by atoms with van der Waals surface area (Å²) in [6, 6.07) is 2.42. The first-order valence-electron chi connectivity index (χ1n) is 5.90. The molecule has 3 nitrogen and oxygen atoms in total. The predicted molar refractivity (Wildman–Crippen MR) is 81.6 cm³/mol. The van der Waals surface area contributed by atoms with Gasteiger partial charge in [0.1, 0.15) is 0 Å². The molecule has 2 heterocycles. The number of halogens is 2. The fourth-order valence-electron chi connectivity index (χ4n) is 2.07. The van der Waals surface area contributed by atoms with E-state index in [4.69, 9.17) is 0 Å². The first-order chi connectivity index (χ1) is 8.16. The first kappa shape index (κ1) is 16.0. The van der Waals surface area contributed by atoms with Crippen molar-refractivity contribution < 1.29 is 4.79 Å². The average Bonchev–Trinajstić information content (AvgIpc) is 2.73. The van der Waals surface area contributed by atoms with E-state index in [0.29, 0.717) is 12.5 Å². The maximum absolute atomic E-state index is 12.1. The van der Waals surface area contributed by atoms with Gasteiger partial charge in [-0.2, -0.15) is 0 Å². The number of aryl methyl sites for hydroxylation is 1. The van der Waals surface area contributed by atoms with Crippen molar-refractivity contribution in [2.45, 2.75) is 25.8 Å². The molecule has 18 heavy (non-hydrogen) atoms. The number of hydrogen-bond acceptors (Lipinski definition) is 3. The van der Waals surface area contributed by atoms with Crippen LogP contribution < -0.4 is 5.32 Å². The molecule has 1 aromatic rings. The summed E-state index contributed by atoms with van der Waals surface area (Å²) >= 11 is 5.14. The Balaban J connectivity index is 0.00000162. The van der Waals surface area contributed by atoms with Crippen LogP contribution in [0.5, 0.6) is 0 Å². The number of piperazine rings is 1. The molecule has 6 heteroatoms. The Hall–Kier alpha value is -0.100. The lowest BCUT2D eigenvalue weighted by Gasteiger charge is -2.34. The number of thiophene rings is 1. The lowest BCUT2D eigenvalue weighted by Crippen LogP contribution is -2.52. The van der Waals surface area contributed by atoms with Crippen molar-refractivity contribution in [1.29, 1.82) is 0 Å². The van der Waals surface area contributed by atoms with Crippen LogP contribution in [0.3, 0.4) is 0 Å². The Bertz CT molecular complexity index is 399. The maximum atomic E-state index is 12.1.